The van der Waals surface area contributed by atoms with E-state index in [1.807, 2.05) is 44.2 Å². The van der Waals surface area contributed by atoms with Gasteiger partial charge < -0.3 is 0 Å². The predicted octanol–water partition coefficient (Wildman–Crippen LogP) is 1.91. The van der Waals surface area contributed by atoms with Gasteiger partial charge in [-0.2, -0.15) is 0 Å². The van der Waals surface area contributed by atoms with Crippen molar-refractivity contribution in [2.45, 2.75) is 13.8 Å². The van der Waals surface area contributed by atoms with Crippen molar-refractivity contribution in [1.82, 2.24) is 5.27 Å². The topological polar surface area (TPSA) is 49.9 Å². The lowest BCUT2D eigenvalue weighted by Gasteiger charge is -2.01. The highest BCUT2D eigenvalue weighted by molar-refractivity contribution is 5.58. The predicted molar refractivity (Wildman–Crippen MR) is 64.7 cm³/mol. The number of hydrogen-bond donors (Lipinski definition) is 1. The number of para-hydroxylation sites is 1. The van der Waals surface area contributed by atoms with Gasteiger partial charge in [0.15, 0.2) is 0 Å². The van der Waals surface area contributed by atoms with Crippen LogP contribution in [0.1, 0.15) is 19.5 Å². The zero-order chi connectivity index (χ0) is 12.4. The van der Waals surface area contributed by atoms with Gasteiger partial charge in [-0.05, 0) is 15.9 Å². The van der Waals surface area contributed by atoms with Crippen LogP contribution < -0.4 is 10.3 Å². The van der Waals surface area contributed by atoms with Crippen LogP contribution in [-0.4, -0.2) is 5.27 Å². The normalized spacial score (nSPS) is 10.8. The standard InChI is InChI=1S/C13H14N2O2/c1-9(2)10(3)12-13(16)17-14-15(12)11-7-5-4-6-8-11/h4-9H,3H2,1-2H3/p+1. The lowest BCUT2D eigenvalue weighted by Crippen LogP contribution is -2.38. The highest BCUT2D eigenvalue weighted by Gasteiger charge is 2.27. The summed E-state index contributed by atoms with van der Waals surface area (Å²) in [6.45, 7) is 7.92. The van der Waals surface area contributed by atoms with Crippen LogP contribution in [0.4, 0.5) is 0 Å². The minimum absolute atomic E-state index is 0.184. The molecule has 0 saturated heterocycles. The number of benzene rings is 1. The summed E-state index contributed by atoms with van der Waals surface area (Å²) < 4.78 is 6.46. The maximum absolute atomic E-state index is 11.7. The molecule has 0 fully saturated rings. The van der Waals surface area contributed by atoms with Crippen molar-refractivity contribution in [3.8, 4) is 5.69 Å². The quantitative estimate of drug-likeness (QED) is 0.820. The van der Waals surface area contributed by atoms with Crippen LogP contribution in [0, 0.1) is 5.92 Å². The van der Waals surface area contributed by atoms with Gasteiger partial charge in [-0.3, -0.25) is 4.52 Å². The molecule has 0 radical (unpaired) electrons. The fourth-order valence-corrected chi connectivity index (χ4v) is 1.58. The molecule has 0 aliphatic carbocycles. The van der Waals surface area contributed by atoms with E-state index >= 15 is 0 Å². The Balaban J connectivity index is 2.58. The summed E-state index contributed by atoms with van der Waals surface area (Å²) in [4.78, 5) is 11.7. The first-order valence-electron chi connectivity index (χ1n) is 5.49. The average molecular weight is 231 g/mol. The van der Waals surface area contributed by atoms with Gasteiger partial charge in [0.05, 0.1) is 0 Å². The largest absolute Gasteiger partial charge is 0.435 e. The van der Waals surface area contributed by atoms with Crippen molar-refractivity contribution < 1.29 is 9.20 Å². The third-order valence-corrected chi connectivity index (χ3v) is 2.66. The van der Waals surface area contributed by atoms with Gasteiger partial charge in [-0.25, -0.2) is 4.79 Å². The van der Waals surface area contributed by atoms with Gasteiger partial charge in [-0.1, -0.05) is 38.6 Å². The lowest BCUT2D eigenvalue weighted by atomic mass is 10.0. The number of nitrogens with zero attached hydrogens (tertiary/aromatic N) is 1. The molecule has 4 nitrogen and oxygen atoms in total. The molecule has 2 rings (SSSR count). The van der Waals surface area contributed by atoms with Crippen LogP contribution in [0.3, 0.4) is 0 Å². The molecular formula is C13H15N2O2+. The summed E-state index contributed by atoms with van der Waals surface area (Å²) >= 11 is 0. The molecule has 2 aromatic rings. The number of allylic oxidation sites excluding steroid dienone is 1. The second kappa shape index (κ2) is 4.41. The Morgan fingerprint density at radius 1 is 1.35 bits per heavy atom. The van der Waals surface area contributed by atoms with Crippen LogP contribution in [0.5, 0.6) is 0 Å². The number of H-pyrrole nitrogens is 1. The number of aromatic nitrogens is 2. The second-order valence-corrected chi connectivity index (χ2v) is 4.18. The second-order valence-electron chi connectivity index (χ2n) is 4.18. The van der Waals surface area contributed by atoms with Gasteiger partial charge in [0, 0.05) is 17.7 Å². The van der Waals surface area contributed by atoms with E-state index in [4.69, 9.17) is 4.52 Å². The molecule has 0 bridgehead atoms. The van der Waals surface area contributed by atoms with Crippen molar-refractivity contribution in [2.75, 3.05) is 0 Å². The third kappa shape index (κ3) is 2.06. The van der Waals surface area contributed by atoms with Crippen LogP contribution in [0.2, 0.25) is 0 Å². The number of hydrogen-bond acceptors (Lipinski definition) is 2. The van der Waals surface area contributed by atoms with Crippen LogP contribution in [-0.2, 0) is 0 Å². The summed E-state index contributed by atoms with van der Waals surface area (Å²) in [6.07, 6.45) is 0. The summed E-state index contributed by atoms with van der Waals surface area (Å²) in [5.41, 5.74) is 1.66. The van der Waals surface area contributed by atoms with E-state index < -0.39 is 5.63 Å². The monoisotopic (exact) mass is 231 g/mol. The minimum atomic E-state index is -0.396. The van der Waals surface area contributed by atoms with E-state index in [0.717, 1.165) is 11.3 Å². The lowest BCUT2D eigenvalue weighted by molar-refractivity contribution is -0.672. The molecule has 1 aromatic carbocycles. The highest BCUT2D eigenvalue weighted by Crippen LogP contribution is 2.15. The van der Waals surface area contributed by atoms with E-state index in [1.54, 1.807) is 4.68 Å². The minimum Gasteiger partial charge on any atom is -0.282 e. The van der Waals surface area contributed by atoms with E-state index in [2.05, 4.69) is 11.9 Å². The van der Waals surface area contributed by atoms with Crippen molar-refractivity contribution in [1.29, 1.82) is 0 Å². The highest BCUT2D eigenvalue weighted by atomic mass is 16.5. The van der Waals surface area contributed by atoms with E-state index in [-0.39, 0.29) is 5.92 Å². The Labute approximate surface area is 99.1 Å². The molecule has 88 valence electrons. The van der Waals surface area contributed by atoms with Crippen molar-refractivity contribution in [2.24, 2.45) is 5.92 Å². The molecule has 0 aliphatic heterocycles. The molecule has 17 heavy (non-hydrogen) atoms. The molecule has 4 heteroatoms. The molecule has 1 N–H and O–H groups in total. The molecule has 1 heterocycles. The molecule has 1 aromatic heterocycles. The molecule has 0 unspecified atom stereocenters. The summed E-state index contributed by atoms with van der Waals surface area (Å²) in [5, 5.41) is 2.59. The van der Waals surface area contributed by atoms with Crippen molar-refractivity contribution in [3.63, 3.8) is 0 Å². The molecular weight excluding hydrogens is 216 g/mol. The molecule has 0 aliphatic rings. The van der Waals surface area contributed by atoms with E-state index in [1.165, 1.54) is 0 Å². The van der Waals surface area contributed by atoms with Gasteiger partial charge in [0.25, 0.3) is 0 Å². The van der Waals surface area contributed by atoms with Gasteiger partial charge in [-0.15, -0.1) is 0 Å². The first kappa shape index (κ1) is 11.4. The van der Waals surface area contributed by atoms with Gasteiger partial charge in [0.1, 0.15) is 0 Å². The zero-order valence-corrected chi connectivity index (χ0v) is 9.93. The van der Waals surface area contributed by atoms with Crippen molar-refractivity contribution >= 4 is 5.57 Å². The Morgan fingerprint density at radius 2 is 2.00 bits per heavy atom. The van der Waals surface area contributed by atoms with Crippen molar-refractivity contribution in [3.05, 3.63) is 53.0 Å². The molecule has 0 spiro atoms. The first-order valence-corrected chi connectivity index (χ1v) is 5.49. The summed E-state index contributed by atoms with van der Waals surface area (Å²) in [6, 6.07) is 9.50. The maximum Gasteiger partial charge on any atom is 0.435 e. The molecule has 0 saturated carbocycles. The van der Waals surface area contributed by atoms with E-state index in [9.17, 15) is 4.79 Å². The van der Waals surface area contributed by atoms with Crippen LogP contribution in [0.25, 0.3) is 11.3 Å². The van der Waals surface area contributed by atoms with Gasteiger partial charge >= 0.3 is 11.3 Å². The zero-order valence-electron chi connectivity index (χ0n) is 9.93. The number of rotatable bonds is 3. The smallest absolute Gasteiger partial charge is 0.282 e. The SMILES string of the molecule is C=C(c1c(=O)o[nH][n+]1-c1ccccc1)C(C)C. The first-order chi connectivity index (χ1) is 8.11. The number of aromatic amines is 1. The molecule has 0 amide bonds. The summed E-state index contributed by atoms with van der Waals surface area (Å²) in [5.74, 6) is 0.184. The molecule has 0 atom stereocenters. The Morgan fingerprint density at radius 3 is 2.59 bits per heavy atom. The fraction of sp³-hybridized carbons (Fsp3) is 0.231. The maximum atomic E-state index is 11.7. The Bertz CT molecular complexity index is 579. The van der Waals surface area contributed by atoms with Crippen LogP contribution in [0.15, 0.2) is 46.2 Å². The fourth-order valence-electron chi connectivity index (χ4n) is 1.58. The average Bonchev–Trinajstić information content (AvgIpc) is 2.71. The van der Waals surface area contributed by atoms with Crippen LogP contribution >= 0.6 is 0 Å². The Kier molecular flexibility index (Phi) is 2.95. The van der Waals surface area contributed by atoms with E-state index in [0.29, 0.717) is 5.69 Å². The third-order valence-electron chi connectivity index (χ3n) is 2.66. The Hall–Kier alpha value is -2.10. The summed E-state index contributed by atoms with van der Waals surface area (Å²) in [7, 11) is 0. The van der Waals surface area contributed by atoms with Gasteiger partial charge in [0.2, 0.25) is 5.69 Å². The number of nitrogens with one attached hydrogen (secondary N) is 1.